The van der Waals surface area contributed by atoms with Gasteiger partial charge in [0.05, 0.1) is 23.7 Å². The maximum absolute atomic E-state index is 13.0. The number of hydrogen-bond acceptors (Lipinski definition) is 6. The first kappa shape index (κ1) is 27.7. The molecule has 36 heavy (non-hydrogen) atoms. The van der Waals surface area contributed by atoms with Gasteiger partial charge in [0.15, 0.2) is 0 Å². The molecule has 3 aromatic rings. The third-order valence-electron chi connectivity index (χ3n) is 5.74. The van der Waals surface area contributed by atoms with E-state index in [9.17, 15) is 21.6 Å². The molecule has 0 aliphatic carbocycles. The lowest BCUT2D eigenvalue weighted by Gasteiger charge is -2.20. The van der Waals surface area contributed by atoms with Gasteiger partial charge in [-0.25, -0.2) is 26.1 Å². The SMILES string of the molecule is CCCCS(=O)(=O)N(C)c1ccc(Cn2cc(C(=O)N(c3ccc(C)cc3)[SH](=O)=O)nc2C)c(Cl)c1. The summed E-state index contributed by atoms with van der Waals surface area (Å²) in [6, 6.07) is 11.5. The molecule has 2 aromatic carbocycles. The Morgan fingerprint density at radius 3 is 2.31 bits per heavy atom. The van der Waals surface area contributed by atoms with Crippen molar-refractivity contribution in [3.63, 3.8) is 0 Å². The van der Waals surface area contributed by atoms with Gasteiger partial charge in [0.25, 0.3) is 5.91 Å². The van der Waals surface area contributed by atoms with Crippen LogP contribution in [0.15, 0.2) is 48.7 Å². The minimum Gasteiger partial charge on any atom is -0.330 e. The Labute approximate surface area is 218 Å². The van der Waals surface area contributed by atoms with Crippen LogP contribution in [0, 0.1) is 13.8 Å². The largest absolute Gasteiger partial charge is 0.330 e. The Morgan fingerprint density at radius 2 is 1.72 bits per heavy atom. The quantitative estimate of drug-likeness (QED) is 0.381. The van der Waals surface area contributed by atoms with Crippen LogP contribution >= 0.6 is 11.6 Å². The van der Waals surface area contributed by atoms with Crippen LogP contribution in [0.2, 0.25) is 5.02 Å². The second-order valence-electron chi connectivity index (χ2n) is 8.40. The lowest BCUT2D eigenvalue weighted by molar-refractivity contribution is 0.100. The monoisotopic (exact) mass is 552 g/mol. The van der Waals surface area contributed by atoms with E-state index in [1.165, 1.54) is 17.5 Å². The molecule has 1 heterocycles. The zero-order chi connectivity index (χ0) is 26.6. The van der Waals surface area contributed by atoms with E-state index >= 15 is 0 Å². The summed E-state index contributed by atoms with van der Waals surface area (Å²) in [5.41, 5.74) is 2.27. The molecule has 12 heteroatoms. The normalized spacial score (nSPS) is 11.6. The number of rotatable bonds is 10. The summed E-state index contributed by atoms with van der Waals surface area (Å²) in [7, 11) is -5.19. The number of anilines is 2. The first-order valence-electron chi connectivity index (χ1n) is 11.3. The minimum absolute atomic E-state index is 0.0261. The number of nitrogens with zero attached hydrogens (tertiary/aromatic N) is 4. The summed E-state index contributed by atoms with van der Waals surface area (Å²) in [6.07, 6.45) is 2.82. The molecule has 0 spiro atoms. The highest BCUT2D eigenvalue weighted by atomic mass is 35.5. The molecule has 9 nitrogen and oxygen atoms in total. The number of aromatic nitrogens is 2. The van der Waals surface area contributed by atoms with Gasteiger partial charge in [-0.05, 0) is 50.1 Å². The fraction of sp³-hybridized carbons (Fsp3) is 0.333. The van der Waals surface area contributed by atoms with Crippen molar-refractivity contribution in [1.29, 1.82) is 0 Å². The van der Waals surface area contributed by atoms with Crippen LogP contribution < -0.4 is 8.61 Å². The third kappa shape index (κ3) is 6.26. The van der Waals surface area contributed by atoms with Crippen LogP contribution in [0.5, 0.6) is 0 Å². The van der Waals surface area contributed by atoms with Crippen LogP contribution in [0.1, 0.15) is 47.2 Å². The molecule has 0 saturated heterocycles. The summed E-state index contributed by atoms with van der Waals surface area (Å²) in [5.74, 6) is -0.223. The Balaban J connectivity index is 1.84. The molecule has 1 amide bonds. The first-order chi connectivity index (χ1) is 16.9. The van der Waals surface area contributed by atoms with E-state index < -0.39 is 26.8 Å². The molecule has 0 atom stereocenters. The van der Waals surface area contributed by atoms with Crippen molar-refractivity contribution < 1.29 is 21.6 Å². The fourth-order valence-electron chi connectivity index (χ4n) is 3.52. The molecule has 0 bridgehead atoms. The number of benzene rings is 2. The second kappa shape index (κ2) is 11.4. The highest BCUT2D eigenvalue weighted by molar-refractivity contribution is 7.92. The molecule has 0 aliphatic heterocycles. The van der Waals surface area contributed by atoms with Crippen LogP contribution in [-0.4, -0.2) is 45.1 Å². The van der Waals surface area contributed by atoms with E-state index in [1.54, 1.807) is 54.0 Å². The van der Waals surface area contributed by atoms with Gasteiger partial charge < -0.3 is 4.57 Å². The number of carbonyl (C=O) groups is 1. The smallest absolute Gasteiger partial charge is 0.292 e. The molecule has 3 rings (SSSR count). The molecule has 0 unspecified atom stereocenters. The highest BCUT2D eigenvalue weighted by Crippen LogP contribution is 2.26. The molecule has 194 valence electrons. The zero-order valence-electron chi connectivity index (χ0n) is 20.5. The molecule has 0 aliphatic rings. The van der Waals surface area contributed by atoms with Gasteiger partial charge in [-0.15, -0.1) is 0 Å². The lowest BCUT2D eigenvalue weighted by Crippen LogP contribution is -2.29. The summed E-state index contributed by atoms with van der Waals surface area (Å²) >= 11 is 6.47. The van der Waals surface area contributed by atoms with E-state index in [-0.39, 0.29) is 23.7 Å². The number of unbranched alkanes of at least 4 members (excludes halogenated alkanes) is 1. The van der Waals surface area contributed by atoms with Crippen LogP contribution in [0.25, 0.3) is 0 Å². The highest BCUT2D eigenvalue weighted by Gasteiger charge is 2.24. The van der Waals surface area contributed by atoms with Gasteiger partial charge in [-0.2, -0.15) is 0 Å². The Morgan fingerprint density at radius 1 is 1.08 bits per heavy atom. The van der Waals surface area contributed by atoms with Crippen molar-refractivity contribution in [3.05, 3.63) is 76.3 Å². The molecule has 0 radical (unpaired) electrons. The average molecular weight is 553 g/mol. The van der Waals surface area contributed by atoms with Gasteiger partial charge in [-0.1, -0.05) is 48.7 Å². The maximum Gasteiger partial charge on any atom is 0.292 e. The van der Waals surface area contributed by atoms with Crippen molar-refractivity contribution in [1.82, 2.24) is 9.55 Å². The Hall–Kier alpha value is -2.89. The molecule has 0 fully saturated rings. The number of sulfonamides is 1. The summed E-state index contributed by atoms with van der Waals surface area (Å²) < 4.78 is 52.4. The maximum atomic E-state index is 13.0. The number of aryl methyl sites for hydroxylation is 2. The van der Waals surface area contributed by atoms with Gasteiger partial charge in [0.1, 0.15) is 11.5 Å². The number of amides is 1. The van der Waals surface area contributed by atoms with Gasteiger partial charge in [0, 0.05) is 18.3 Å². The average Bonchev–Trinajstić information content (AvgIpc) is 3.19. The van der Waals surface area contributed by atoms with Crippen LogP contribution in [0.3, 0.4) is 0 Å². The van der Waals surface area contributed by atoms with Gasteiger partial charge >= 0.3 is 0 Å². The van der Waals surface area contributed by atoms with Crippen LogP contribution in [0.4, 0.5) is 11.4 Å². The van der Waals surface area contributed by atoms with Crippen molar-refractivity contribution >= 4 is 49.8 Å². The first-order valence-corrected chi connectivity index (χ1v) is 14.4. The molecule has 0 N–H and O–H groups in total. The predicted octanol–water partition coefficient (Wildman–Crippen LogP) is 3.94. The van der Waals surface area contributed by atoms with Crippen molar-refractivity contribution in [2.45, 2.75) is 40.2 Å². The minimum atomic E-state index is -3.45. The van der Waals surface area contributed by atoms with Gasteiger partial charge in [-0.3, -0.25) is 9.10 Å². The number of hydrogen-bond donors (Lipinski definition) is 1. The Bertz CT molecular complexity index is 1430. The lowest BCUT2D eigenvalue weighted by atomic mass is 10.2. The number of imidazole rings is 1. The fourth-order valence-corrected chi connectivity index (χ4v) is 5.69. The molecular formula is C24H29ClN4O5S2. The van der Waals surface area contributed by atoms with E-state index in [4.69, 9.17) is 11.6 Å². The summed E-state index contributed by atoms with van der Waals surface area (Å²) in [5, 5.41) is 0.356. The topological polar surface area (TPSA) is 110 Å². The van der Waals surface area contributed by atoms with E-state index in [2.05, 4.69) is 4.98 Å². The van der Waals surface area contributed by atoms with E-state index in [0.717, 1.165) is 12.0 Å². The van der Waals surface area contributed by atoms with Crippen LogP contribution in [-0.2, 0) is 27.5 Å². The predicted molar refractivity (Wildman–Crippen MR) is 143 cm³/mol. The summed E-state index contributed by atoms with van der Waals surface area (Å²) in [4.78, 5) is 17.3. The number of thiol groups is 1. The number of halogens is 1. The van der Waals surface area contributed by atoms with Crippen molar-refractivity contribution in [3.8, 4) is 0 Å². The Kier molecular flexibility index (Phi) is 8.80. The van der Waals surface area contributed by atoms with Gasteiger partial charge in [0.2, 0.25) is 20.9 Å². The zero-order valence-corrected chi connectivity index (χ0v) is 23.0. The molecule has 0 saturated carbocycles. The van der Waals surface area contributed by atoms with Crippen molar-refractivity contribution in [2.24, 2.45) is 0 Å². The second-order valence-corrected chi connectivity index (χ2v) is 11.8. The summed E-state index contributed by atoms with van der Waals surface area (Å²) in [6.45, 7) is 5.74. The molecular weight excluding hydrogens is 524 g/mol. The standard InChI is InChI=1S/C24H29ClN4O5S2/c1-5-6-13-36(33,34)27(4)21-12-9-19(22(25)14-21)15-28-16-23(26-18(28)3)24(30)29(35(31)32)20-10-7-17(2)8-11-20/h7-12,14,16,35H,5-6,13,15H2,1-4H3. The van der Waals surface area contributed by atoms with E-state index in [0.29, 0.717) is 32.8 Å². The van der Waals surface area contributed by atoms with E-state index in [1.807, 2.05) is 13.8 Å². The molecule has 1 aromatic heterocycles. The van der Waals surface area contributed by atoms with Crippen molar-refractivity contribution in [2.75, 3.05) is 21.4 Å². The number of carbonyl (C=O) groups excluding carboxylic acids is 1. The third-order valence-corrected chi connectivity index (χ3v) is 8.68.